The van der Waals surface area contributed by atoms with Crippen LogP contribution in [0.1, 0.15) is 0 Å². The van der Waals surface area contributed by atoms with E-state index in [4.69, 9.17) is 16.3 Å². The molecule has 0 saturated heterocycles. The lowest BCUT2D eigenvalue weighted by Gasteiger charge is -2.10. The van der Waals surface area contributed by atoms with Crippen molar-refractivity contribution in [2.24, 2.45) is 10.2 Å². The molecule has 0 aliphatic heterocycles. The summed E-state index contributed by atoms with van der Waals surface area (Å²) < 4.78 is 6.04. The quantitative estimate of drug-likeness (QED) is 0.344. The molecule has 4 heteroatoms. The number of halogens is 1. The zero-order chi connectivity index (χ0) is 17.8. The van der Waals surface area contributed by atoms with Gasteiger partial charge in [-0.15, -0.1) is 5.11 Å². The van der Waals surface area contributed by atoms with Crippen molar-refractivity contribution in [3.63, 3.8) is 0 Å². The van der Waals surface area contributed by atoms with Gasteiger partial charge in [-0.05, 0) is 48.5 Å². The first-order chi connectivity index (χ1) is 12.8. The molecule has 0 atom stereocenters. The molecule has 0 fully saturated rings. The number of para-hydroxylation sites is 1. The van der Waals surface area contributed by atoms with Gasteiger partial charge in [0, 0.05) is 15.8 Å². The molecule has 0 bridgehead atoms. The topological polar surface area (TPSA) is 34.0 Å². The molecule has 0 aliphatic carbocycles. The molecule has 0 aliphatic rings. The first kappa shape index (κ1) is 16.3. The highest BCUT2D eigenvalue weighted by Crippen LogP contribution is 2.36. The monoisotopic (exact) mass is 358 g/mol. The Morgan fingerprint density at radius 3 is 2.08 bits per heavy atom. The first-order valence-electron chi connectivity index (χ1n) is 8.21. The number of nitrogens with zero attached hydrogens (tertiary/aromatic N) is 2. The van der Waals surface area contributed by atoms with Gasteiger partial charge in [-0.2, -0.15) is 5.11 Å². The van der Waals surface area contributed by atoms with Crippen LogP contribution in [0.4, 0.5) is 11.4 Å². The predicted octanol–water partition coefficient (Wildman–Crippen LogP) is 7.70. The fourth-order valence-electron chi connectivity index (χ4n) is 2.67. The second-order valence-corrected chi connectivity index (χ2v) is 6.16. The molecular formula is C22H15ClN2O. The van der Waals surface area contributed by atoms with Crippen molar-refractivity contribution in [1.29, 1.82) is 0 Å². The van der Waals surface area contributed by atoms with Crippen molar-refractivity contribution in [3.8, 4) is 11.5 Å². The summed E-state index contributed by atoms with van der Waals surface area (Å²) in [5, 5.41) is 11.4. The summed E-state index contributed by atoms with van der Waals surface area (Å²) >= 11 is 5.90. The summed E-state index contributed by atoms with van der Waals surface area (Å²) in [4.78, 5) is 0. The average molecular weight is 359 g/mol. The molecule has 3 nitrogen and oxygen atoms in total. The Kier molecular flexibility index (Phi) is 4.63. The van der Waals surface area contributed by atoms with Gasteiger partial charge < -0.3 is 4.74 Å². The number of ether oxygens (including phenoxy) is 1. The zero-order valence-electron chi connectivity index (χ0n) is 13.8. The van der Waals surface area contributed by atoms with Gasteiger partial charge >= 0.3 is 0 Å². The fraction of sp³-hybridized carbons (Fsp3) is 0. The van der Waals surface area contributed by atoms with Crippen molar-refractivity contribution < 1.29 is 4.74 Å². The second kappa shape index (κ2) is 7.38. The van der Waals surface area contributed by atoms with Crippen molar-refractivity contribution in [3.05, 3.63) is 96.0 Å². The van der Waals surface area contributed by atoms with Crippen LogP contribution in [0.5, 0.6) is 11.5 Å². The van der Waals surface area contributed by atoms with Crippen LogP contribution in [0.25, 0.3) is 10.8 Å². The lowest BCUT2D eigenvalue weighted by atomic mass is 10.1. The van der Waals surface area contributed by atoms with Gasteiger partial charge in [0.05, 0.1) is 11.4 Å². The second-order valence-electron chi connectivity index (χ2n) is 5.72. The summed E-state index contributed by atoms with van der Waals surface area (Å²) in [5.74, 6) is 1.59. The van der Waals surface area contributed by atoms with Crippen LogP contribution in [0.2, 0.25) is 5.02 Å². The first-order valence-corrected chi connectivity index (χ1v) is 8.59. The predicted molar refractivity (Wildman–Crippen MR) is 106 cm³/mol. The largest absolute Gasteiger partial charge is 0.457 e. The van der Waals surface area contributed by atoms with E-state index in [1.165, 1.54) is 0 Å². The van der Waals surface area contributed by atoms with Gasteiger partial charge in [0.2, 0.25) is 0 Å². The molecule has 0 aromatic heterocycles. The molecule has 126 valence electrons. The Morgan fingerprint density at radius 1 is 0.615 bits per heavy atom. The number of rotatable bonds is 4. The third-order valence-corrected chi connectivity index (χ3v) is 4.18. The Balaban J connectivity index is 1.71. The van der Waals surface area contributed by atoms with E-state index in [9.17, 15) is 0 Å². The van der Waals surface area contributed by atoms with Gasteiger partial charge in [0.25, 0.3) is 0 Å². The van der Waals surface area contributed by atoms with Crippen molar-refractivity contribution >= 4 is 33.7 Å². The van der Waals surface area contributed by atoms with Crippen LogP contribution >= 0.6 is 11.6 Å². The average Bonchev–Trinajstić information content (AvgIpc) is 2.69. The van der Waals surface area contributed by atoms with E-state index in [0.29, 0.717) is 5.02 Å². The molecule has 26 heavy (non-hydrogen) atoms. The van der Waals surface area contributed by atoms with Gasteiger partial charge in [-0.3, -0.25) is 0 Å². The molecule has 0 amide bonds. The minimum atomic E-state index is 0.678. The van der Waals surface area contributed by atoms with E-state index in [2.05, 4.69) is 10.2 Å². The van der Waals surface area contributed by atoms with Crippen LogP contribution in [0.3, 0.4) is 0 Å². The van der Waals surface area contributed by atoms with Gasteiger partial charge in [-0.1, -0.05) is 54.1 Å². The maximum atomic E-state index is 6.04. The maximum Gasteiger partial charge on any atom is 0.135 e. The fourth-order valence-corrected chi connectivity index (χ4v) is 2.79. The smallest absolute Gasteiger partial charge is 0.135 e. The standard InChI is InChI=1S/C22H15ClN2O/c23-16-10-12-17(13-11-16)24-25-21-14-15-22(20-9-5-4-8-19(20)21)26-18-6-2-1-3-7-18/h1-15H. The van der Waals surface area contributed by atoms with E-state index in [1.807, 2.05) is 78.9 Å². The Morgan fingerprint density at radius 2 is 1.31 bits per heavy atom. The molecule has 4 aromatic rings. The molecule has 0 spiro atoms. The summed E-state index contributed by atoms with van der Waals surface area (Å²) in [7, 11) is 0. The SMILES string of the molecule is Clc1ccc(N=Nc2ccc(Oc3ccccc3)c3ccccc23)cc1. The number of benzene rings is 4. The summed E-state index contributed by atoms with van der Waals surface area (Å²) in [6, 6.07) is 28.8. The van der Waals surface area contributed by atoms with Crippen molar-refractivity contribution in [2.75, 3.05) is 0 Å². The van der Waals surface area contributed by atoms with Gasteiger partial charge in [-0.25, -0.2) is 0 Å². The number of azo groups is 1. The minimum absolute atomic E-state index is 0.678. The molecule has 0 unspecified atom stereocenters. The number of fused-ring (bicyclic) bond motifs is 1. The van der Waals surface area contributed by atoms with Crippen LogP contribution in [0, 0.1) is 0 Å². The van der Waals surface area contributed by atoms with Crippen LogP contribution in [-0.4, -0.2) is 0 Å². The summed E-state index contributed by atoms with van der Waals surface area (Å²) in [5.41, 5.74) is 1.54. The van der Waals surface area contributed by atoms with E-state index in [-0.39, 0.29) is 0 Å². The number of hydrogen-bond donors (Lipinski definition) is 0. The molecular weight excluding hydrogens is 344 g/mol. The molecule has 0 heterocycles. The van der Waals surface area contributed by atoms with E-state index in [1.54, 1.807) is 12.1 Å². The number of hydrogen-bond acceptors (Lipinski definition) is 3. The highest BCUT2D eigenvalue weighted by molar-refractivity contribution is 6.30. The summed E-state index contributed by atoms with van der Waals surface area (Å²) in [6.07, 6.45) is 0. The Labute approximate surface area is 156 Å². The third-order valence-electron chi connectivity index (χ3n) is 3.93. The Hall–Kier alpha value is -3.17. The van der Waals surface area contributed by atoms with Crippen LogP contribution < -0.4 is 4.74 Å². The molecule has 0 N–H and O–H groups in total. The molecule has 0 saturated carbocycles. The van der Waals surface area contributed by atoms with E-state index >= 15 is 0 Å². The van der Waals surface area contributed by atoms with Gasteiger partial charge in [0.15, 0.2) is 0 Å². The van der Waals surface area contributed by atoms with E-state index in [0.717, 1.165) is 33.6 Å². The van der Waals surface area contributed by atoms with E-state index < -0.39 is 0 Å². The minimum Gasteiger partial charge on any atom is -0.457 e. The lowest BCUT2D eigenvalue weighted by Crippen LogP contribution is -1.85. The molecule has 4 aromatic carbocycles. The summed E-state index contributed by atoms with van der Waals surface area (Å²) in [6.45, 7) is 0. The third kappa shape index (κ3) is 3.58. The molecule has 4 rings (SSSR count). The van der Waals surface area contributed by atoms with Crippen LogP contribution in [-0.2, 0) is 0 Å². The normalized spacial score (nSPS) is 11.1. The van der Waals surface area contributed by atoms with Crippen LogP contribution in [0.15, 0.2) is 101 Å². The Bertz CT molecular complexity index is 1060. The highest BCUT2D eigenvalue weighted by Gasteiger charge is 2.07. The van der Waals surface area contributed by atoms with Crippen molar-refractivity contribution in [2.45, 2.75) is 0 Å². The zero-order valence-corrected chi connectivity index (χ0v) is 14.6. The van der Waals surface area contributed by atoms with Crippen molar-refractivity contribution in [1.82, 2.24) is 0 Å². The maximum absolute atomic E-state index is 6.04. The highest BCUT2D eigenvalue weighted by atomic mass is 35.5. The van der Waals surface area contributed by atoms with Gasteiger partial charge in [0.1, 0.15) is 11.5 Å². The lowest BCUT2D eigenvalue weighted by molar-refractivity contribution is 0.488. The molecule has 0 radical (unpaired) electrons.